The minimum Gasteiger partial charge on any atom is -0.368 e. The first kappa shape index (κ1) is 20.0. The SMILES string of the molecule is CC(C)=NC(=N)c1c(N[C@@H]2C=CC(C(=O)N3CCc4ccccc43)=CC2)s[nH]c1=O. The summed E-state index contributed by atoms with van der Waals surface area (Å²) in [7, 11) is 0. The number of aliphatic imine (C=N–C) groups is 1. The monoisotopic (exact) mass is 421 g/mol. The Morgan fingerprint density at radius 1 is 1.33 bits per heavy atom. The number of amidine groups is 1. The second kappa shape index (κ2) is 8.23. The topological polar surface area (TPSA) is 101 Å². The van der Waals surface area contributed by atoms with E-state index in [1.165, 1.54) is 5.56 Å². The summed E-state index contributed by atoms with van der Waals surface area (Å²) in [6.45, 7) is 4.27. The van der Waals surface area contributed by atoms with Gasteiger partial charge in [-0.3, -0.25) is 19.4 Å². The highest BCUT2D eigenvalue weighted by Crippen LogP contribution is 2.30. The molecule has 7 nitrogen and oxygen atoms in total. The molecule has 0 bridgehead atoms. The Labute approximate surface area is 178 Å². The number of hydrogen-bond donors (Lipinski definition) is 3. The molecule has 8 heteroatoms. The third-order valence-corrected chi connectivity index (χ3v) is 5.88. The van der Waals surface area contributed by atoms with Crippen molar-refractivity contribution < 1.29 is 4.79 Å². The quantitative estimate of drug-likeness (QED) is 0.520. The Bertz CT molecular complexity index is 1150. The Morgan fingerprint density at radius 3 is 2.87 bits per heavy atom. The lowest BCUT2D eigenvalue weighted by molar-refractivity contribution is -0.114. The van der Waals surface area contributed by atoms with Crippen LogP contribution in [0.4, 0.5) is 10.7 Å². The van der Waals surface area contributed by atoms with Crippen LogP contribution in [0.25, 0.3) is 0 Å². The van der Waals surface area contributed by atoms with E-state index in [1.54, 1.807) is 13.8 Å². The minimum absolute atomic E-state index is 0.0103. The third-order valence-electron chi connectivity index (χ3n) is 5.07. The third kappa shape index (κ3) is 3.91. The molecular weight excluding hydrogens is 398 g/mol. The largest absolute Gasteiger partial charge is 0.368 e. The molecular formula is C22H23N5O2S. The molecule has 1 aromatic heterocycles. The van der Waals surface area contributed by atoms with Crippen LogP contribution in [0.5, 0.6) is 0 Å². The van der Waals surface area contributed by atoms with Gasteiger partial charge in [-0.15, -0.1) is 0 Å². The number of fused-ring (bicyclic) bond motifs is 1. The molecule has 1 aliphatic heterocycles. The van der Waals surface area contributed by atoms with Crippen LogP contribution in [0.2, 0.25) is 0 Å². The lowest BCUT2D eigenvalue weighted by Gasteiger charge is -2.22. The minimum atomic E-state index is -0.323. The van der Waals surface area contributed by atoms with E-state index in [0.717, 1.165) is 23.6 Å². The fourth-order valence-corrected chi connectivity index (χ4v) is 4.46. The average Bonchev–Trinajstić information content (AvgIpc) is 3.31. The highest BCUT2D eigenvalue weighted by atomic mass is 32.1. The van der Waals surface area contributed by atoms with E-state index < -0.39 is 0 Å². The Kier molecular flexibility index (Phi) is 5.50. The molecule has 154 valence electrons. The molecule has 0 saturated carbocycles. The van der Waals surface area contributed by atoms with E-state index >= 15 is 0 Å². The number of hydrogen-bond acceptors (Lipinski definition) is 5. The standard InChI is InChI=1S/C22H23N5O2S/c1-13(2)24-19(23)18-20(28)26-30-21(18)25-16-9-7-15(8-10-16)22(29)27-12-11-14-5-3-4-6-17(14)27/h3-9,16,23,25H,10-12H2,1-2H3,(H,26,28)/t16-/m1/s1. The van der Waals surface area contributed by atoms with Crippen LogP contribution < -0.4 is 15.8 Å². The number of nitrogens with zero attached hydrogens (tertiary/aromatic N) is 2. The highest BCUT2D eigenvalue weighted by molar-refractivity contribution is 7.10. The average molecular weight is 422 g/mol. The summed E-state index contributed by atoms with van der Waals surface area (Å²) < 4.78 is 2.67. The van der Waals surface area contributed by atoms with Crippen molar-refractivity contribution in [2.45, 2.75) is 32.7 Å². The van der Waals surface area contributed by atoms with Gasteiger partial charge in [0.1, 0.15) is 10.6 Å². The first-order valence-electron chi connectivity index (χ1n) is 9.81. The summed E-state index contributed by atoms with van der Waals surface area (Å²) in [6.07, 6.45) is 7.18. The van der Waals surface area contributed by atoms with E-state index in [9.17, 15) is 9.59 Å². The van der Waals surface area contributed by atoms with Gasteiger partial charge in [-0.1, -0.05) is 36.4 Å². The smallest absolute Gasteiger partial charge is 0.271 e. The fraction of sp³-hybridized carbons (Fsp3) is 0.273. The van der Waals surface area contributed by atoms with Crippen LogP contribution in [0, 0.1) is 5.41 Å². The first-order valence-corrected chi connectivity index (χ1v) is 10.6. The van der Waals surface area contributed by atoms with Gasteiger partial charge in [0.05, 0.1) is 0 Å². The van der Waals surface area contributed by atoms with Gasteiger partial charge >= 0.3 is 0 Å². The van der Waals surface area contributed by atoms with Gasteiger partial charge in [-0.25, -0.2) is 4.99 Å². The van der Waals surface area contributed by atoms with Crippen molar-refractivity contribution in [1.82, 2.24) is 4.37 Å². The molecule has 3 N–H and O–H groups in total. The maximum atomic E-state index is 13.0. The first-order chi connectivity index (χ1) is 14.4. The number of aromatic nitrogens is 1. The number of aromatic amines is 1. The summed E-state index contributed by atoms with van der Waals surface area (Å²) >= 11 is 1.16. The predicted molar refractivity (Wildman–Crippen MR) is 122 cm³/mol. The number of carbonyl (C=O) groups is 1. The molecule has 2 aliphatic rings. The zero-order chi connectivity index (χ0) is 21.3. The van der Waals surface area contributed by atoms with Crippen molar-refractivity contribution in [2.75, 3.05) is 16.8 Å². The van der Waals surface area contributed by atoms with Gasteiger partial charge in [0, 0.05) is 29.6 Å². The van der Waals surface area contributed by atoms with E-state index in [2.05, 4.69) is 20.7 Å². The maximum absolute atomic E-state index is 13.0. The van der Waals surface area contributed by atoms with Crippen LogP contribution in [0.15, 0.2) is 57.9 Å². The van der Waals surface area contributed by atoms with Gasteiger partial charge in [0.2, 0.25) is 0 Å². The van der Waals surface area contributed by atoms with E-state index in [-0.39, 0.29) is 28.9 Å². The van der Waals surface area contributed by atoms with Crippen molar-refractivity contribution in [3.8, 4) is 0 Å². The second-order valence-electron chi connectivity index (χ2n) is 7.49. The zero-order valence-electron chi connectivity index (χ0n) is 16.9. The number of nitrogens with one attached hydrogen (secondary N) is 3. The van der Waals surface area contributed by atoms with Crippen molar-refractivity contribution in [3.05, 3.63) is 69.5 Å². The second-order valence-corrected chi connectivity index (χ2v) is 8.30. The molecule has 0 unspecified atom stereocenters. The van der Waals surface area contributed by atoms with Crippen LogP contribution in [0.3, 0.4) is 0 Å². The summed E-state index contributed by atoms with van der Waals surface area (Å²) in [6, 6.07) is 7.94. The molecule has 1 atom stereocenters. The van der Waals surface area contributed by atoms with Gasteiger partial charge in [0.15, 0.2) is 5.84 Å². The Hall–Kier alpha value is -3.26. The molecule has 1 aliphatic carbocycles. The van der Waals surface area contributed by atoms with Crippen molar-refractivity contribution in [3.63, 3.8) is 0 Å². The maximum Gasteiger partial charge on any atom is 0.271 e. The molecule has 30 heavy (non-hydrogen) atoms. The molecule has 2 heterocycles. The predicted octanol–water partition coefficient (Wildman–Crippen LogP) is 3.50. The lowest BCUT2D eigenvalue weighted by Crippen LogP contribution is -2.31. The fourth-order valence-electron chi connectivity index (χ4n) is 3.66. The van der Waals surface area contributed by atoms with Gasteiger partial charge < -0.3 is 10.2 Å². The van der Waals surface area contributed by atoms with E-state index in [0.29, 0.717) is 29.3 Å². The molecule has 0 radical (unpaired) electrons. The summed E-state index contributed by atoms with van der Waals surface area (Å²) in [5.74, 6) is -0.0462. The molecule has 0 saturated heterocycles. The van der Waals surface area contributed by atoms with E-state index in [4.69, 9.17) is 5.41 Å². The van der Waals surface area contributed by atoms with Crippen LogP contribution in [0.1, 0.15) is 31.4 Å². The highest BCUT2D eigenvalue weighted by Gasteiger charge is 2.27. The Balaban J connectivity index is 1.45. The number of carbonyl (C=O) groups excluding carboxylic acids is 1. The molecule has 1 aromatic carbocycles. The number of anilines is 2. The number of H-pyrrole nitrogens is 1. The normalized spacial score (nSPS) is 17.3. The number of para-hydroxylation sites is 1. The lowest BCUT2D eigenvalue weighted by atomic mass is 10.0. The van der Waals surface area contributed by atoms with Gasteiger partial charge in [-0.05, 0) is 49.9 Å². The summed E-state index contributed by atoms with van der Waals surface area (Å²) in [4.78, 5) is 31.0. The number of benzene rings is 1. The van der Waals surface area contributed by atoms with Crippen LogP contribution in [-0.4, -0.2) is 34.4 Å². The molecule has 1 amide bonds. The zero-order valence-corrected chi connectivity index (χ0v) is 17.7. The van der Waals surface area contributed by atoms with Crippen molar-refractivity contribution >= 4 is 39.7 Å². The Morgan fingerprint density at radius 2 is 2.13 bits per heavy atom. The molecule has 4 rings (SSSR count). The van der Waals surface area contributed by atoms with Crippen molar-refractivity contribution in [2.24, 2.45) is 4.99 Å². The molecule has 2 aromatic rings. The molecule has 0 fully saturated rings. The van der Waals surface area contributed by atoms with Gasteiger partial charge in [0.25, 0.3) is 11.5 Å². The van der Waals surface area contributed by atoms with E-state index in [1.807, 2.05) is 41.3 Å². The summed E-state index contributed by atoms with van der Waals surface area (Å²) in [5.41, 5.74) is 3.50. The van der Waals surface area contributed by atoms with Crippen molar-refractivity contribution in [1.29, 1.82) is 5.41 Å². The summed E-state index contributed by atoms with van der Waals surface area (Å²) in [5, 5.41) is 12.0. The number of amides is 1. The van der Waals surface area contributed by atoms with Crippen LogP contribution >= 0.6 is 11.5 Å². The van der Waals surface area contributed by atoms with Gasteiger partial charge in [-0.2, -0.15) is 0 Å². The van der Waals surface area contributed by atoms with Crippen LogP contribution in [-0.2, 0) is 11.2 Å². The number of rotatable bonds is 4. The molecule has 0 spiro atoms.